The van der Waals surface area contributed by atoms with Crippen LogP contribution < -0.4 is 10.1 Å². The molecule has 2 aromatic carbocycles. The zero-order chi connectivity index (χ0) is 21.9. The SMILES string of the molecule is COc1cccc(C2CCCN2C(=O)NC2CCCc3c2cnn3Cc2ccccc2)c1. The largest absolute Gasteiger partial charge is 0.497 e. The van der Waals surface area contributed by atoms with Gasteiger partial charge in [-0.15, -0.1) is 0 Å². The quantitative estimate of drug-likeness (QED) is 0.629. The van der Waals surface area contributed by atoms with Gasteiger partial charge in [-0.1, -0.05) is 42.5 Å². The number of rotatable bonds is 5. The molecular formula is C26H30N4O2. The lowest BCUT2D eigenvalue weighted by atomic mass is 9.93. The Hall–Kier alpha value is -3.28. The van der Waals surface area contributed by atoms with Gasteiger partial charge in [0.25, 0.3) is 0 Å². The monoisotopic (exact) mass is 430 g/mol. The highest BCUT2D eigenvalue weighted by Gasteiger charge is 2.33. The molecule has 2 amide bonds. The summed E-state index contributed by atoms with van der Waals surface area (Å²) in [5.41, 5.74) is 4.79. The van der Waals surface area contributed by atoms with Crippen LogP contribution in [-0.2, 0) is 13.0 Å². The highest BCUT2D eigenvalue weighted by Crippen LogP contribution is 2.35. The highest BCUT2D eigenvalue weighted by atomic mass is 16.5. The fourth-order valence-corrected chi connectivity index (χ4v) is 5.10. The van der Waals surface area contributed by atoms with Crippen LogP contribution in [-0.4, -0.2) is 34.4 Å². The molecule has 1 aliphatic heterocycles. The first-order chi connectivity index (χ1) is 15.7. The van der Waals surface area contributed by atoms with Crippen molar-refractivity contribution < 1.29 is 9.53 Å². The average molecular weight is 431 g/mol. The predicted molar refractivity (Wildman–Crippen MR) is 124 cm³/mol. The number of carbonyl (C=O) groups excluding carboxylic acids is 1. The number of nitrogens with zero attached hydrogens (tertiary/aromatic N) is 3. The molecule has 3 aromatic rings. The number of hydrogen-bond acceptors (Lipinski definition) is 3. The molecule has 2 unspecified atom stereocenters. The fourth-order valence-electron chi connectivity index (χ4n) is 5.10. The van der Waals surface area contributed by atoms with Crippen molar-refractivity contribution in [1.29, 1.82) is 0 Å². The Bertz CT molecular complexity index is 1080. The Morgan fingerprint density at radius 2 is 2.00 bits per heavy atom. The van der Waals surface area contributed by atoms with E-state index in [1.165, 1.54) is 11.3 Å². The number of aromatic nitrogens is 2. The van der Waals surface area contributed by atoms with E-state index < -0.39 is 0 Å². The van der Waals surface area contributed by atoms with Crippen molar-refractivity contribution >= 4 is 6.03 Å². The van der Waals surface area contributed by atoms with E-state index in [0.29, 0.717) is 0 Å². The summed E-state index contributed by atoms with van der Waals surface area (Å²) in [6, 6.07) is 18.6. The standard InChI is InChI=1S/C26H30N4O2/c1-32-21-11-5-10-20(16-21)24-14-7-15-29(24)26(31)28-23-12-6-13-25-22(23)17-27-30(25)18-19-8-3-2-4-9-19/h2-5,8-11,16-17,23-24H,6-7,12-15,18H2,1H3,(H,28,31). The van der Waals surface area contributed by atoms with Crippen LogP contribution in [0.1, 0.15) is 60.2 Å². The number of urea groups is 1. The molecule has 1 fully saturated rings. The summed E-state index contributed by atoms with van der Waals surface area (Å²) in [5, 5.41) is 7.99. The number of ether oxygens (including phenoxy) is 1. The number of amides is 2. The summed E-state index contributed by atoms with van der Waals surface area (Å²) in [5.74, 6) is 0.831. The van der Waals surface area contributed by atoms with E-state index in [2.05, 4.69) is 45.4 Å². The maximum atomic E-state index is 13.3. The summed E-state index contributed by atoms with van der Waals surface area (Å²) < 4.78 is 7.48. The third-order valence-electron chi connectivity index (χ3n) is 6.73. The van der Waals surface area contributed by atoms with E-state index in [-0.39, 0.29) is 18.1 Å². The Morgan fingerprint density at radius 3 is 2.84 bits per heavy atom. The Kier molecular flexibility index (Phi) is 5.84. The van der Waals surface area contributed by atoms with Crippen molar-refractivity contribution in [2.45, 2.75) is 50.7 Å². The van der Waals surface area contributed by atoms with Gasteiger partial charge in [0.05, 0.1) is 31.9 Å². The van der Waals surface area contributed by atoms with Gasteiger partial charge in [0.2, 0.25) is 0 Å². The van der Waals surface area contributed by atoms with Gasteiger partial charge in [-0.05, 0) is 55.4 Å². The molecule has 2 aliphatic rings. The molecule has 5 rings (SSSR count). The van der Waals surface area contributed by atoms with Gasteiger partial charge < -0.3 is 15.0 Å². The summed E-state index contributed by atoms with van der Waals surface area (Å²) in [4.78, 5) is 15.3. The van der Waals surface area contributed by atoms with E-state index >= 15 is 0 Å². The van der Waals surface area contributed by atoms with Crippen LogP contribution >= 0.6 is 0 Å². The lowest BCUT2D eigenvalue weighted by Crippen LogP contribution is -2.42. The number of hydrogen-bond donors (Lipinski definition) is 1. The molecule has 0 radical (unpaired) electrons. The van der Waals surface area contributed by atoms with E-state index in [4.69, 9.17) is 4.74 Å². The molecule has 6 nitrogen and oxygen atoms in total. The predicted octanol–water partition coefficient (Wildman–Crippen LogP) is 4.86. The molecule has 6 heteroatoms. The van der Waals surface area contributed by atoms with E-state index in [9.17, 15) is 4.79 Å². The van der Waals surface area contributed by atoms with Crippen LogP contribution in [0.3, 0.4) is 0 Å². The number of methoxy groups -OCH3 is 1. The van der Waals surface area contributed by atoms with Crippen molar-refractivity contribution in [1.82, 2.24) is 20.0 Å². The molecule has 1 aliphatic carbocycles. The van der Waals surface area contributed by atoms with Gasteiger partial charge in [0.15, 0.2) is 0 Å². The number of fused-ring (bicyclic) bond motifs is 1. The zero-order valence-corrected chi connectivity index (χ0v) is 18.5. The maximum Gasteiger partial charge on any atom is 0.318 e. The topological polar surface area (TPSA) is 59.4 Å². The first-order valence-electron chi connectivity index (χ1n) is 11.5. The number of carbonyl (C=O) groups is 1. The second-order valence-corrected chi connectivity index (χ2v) is 8.71. The minimum absolute atomic E-state index is 0.0160. The number of nitrogens with one attached hydrogen (secondary N) is 1. The normalized spacial score (nSPS) is 20.1. The Balaban J connectivity index is 1.31. The van der Waals surface area contributed by atoms with Gasteiger partial charge in [-0.25, -0.2) is 4.79 Å². The zero-order valence-electron chi connectivity index (χ0n) is 18.5. The second-order valence-electron chi connectivity index (χ2n) is 8.71. The highest BCUT2D eigenvalue weighted by molar-refractivity contribution is 5.75. The van der Waals surface area contributed by atoms with Crippen LogP contribution in [0.2, 0.25) is 0 Å². The van der Waals surface area contributed by atoms with Gasteiger partial charge in [0, 0.05) is 17.8 Å². The van der Waals surface area contributed by atoms with E-state index in [0.717, 1.165) is 62.1 Å². The maximum absolute atomic E-state index is 13.3. The molecule has 2 atom stereocenters. The number of likely N-dealkylation sites (tertiary alicyclic amines) is 1. The molecule has 0 bridgehead atoms. The third kappa shape index (κ3) is 4.09. The van der Waals surface area contributed by atoms with Crippen LogP contribution in [0.4, 0.5) is 4.79 Å². The Labute approximate surface area is 189 Å². The molecular weight excluding hydrogens is 400 g/mol. The van der Waals surface area contributed by atoms with Crippen LogP contribution in [0.5, 0.6) is 5.75 Å². The van der Waals surface area contributed by atoms with Gasteiger partial charge in [-0.3, -0.25) is 4.68 Å². The smallest absolute Gasteiger partial charge is 0.318 e. The van der Waals surface area contributed by atoms with Gasteiger partial charge in [-0.2, -0.15) is 5.10 Å². The molecule has 166 valence electrons. The van der Waals surface area contributed by atoms with Crippen molar-refractivity contribution in [2.24, 2.45) is 0 Å². The minimum Gasteiger partial charge on any atom is -0.497 e. The number of benzene rings is 2. The first-order valence-corrected chi connectivity index (χ1v) is 11.5. The molecule has 0 spiro atoms. The van der Waals surface area contributed by atoms with Crippen LogP contribution in [0.25, 0.3) is 0 Å². The third-order valence-corrected chi connectivity index (χ3v) is 6.73. The molecule has 1 N–H and O–H groups in total. The van der Waals surface area contributed by atoms with Crippen LogP contribution in [0, 0.1) is 0 Å². The van der Waals surface area contributed by atoms with Crippen LogP contribution in [0.15, 0.2) is 60.8 Å². The fraction of sp³-hybridized carbons (Fsp3) is 0.385. The summed E-state index contributed by atoms with van der Waals surface area (Å²) in [7, 11) is 1.68. The first kappa shape index (κ1) is 20.6. The molecule has 1 aromatic heterocycles. The van der Waals surface area contributed by atoms with Crippen molar-refractivity contribution in [3.8, 4) is 5.75 Å². The summed E-state index contributed by atoms with van der Waals surface area (Å²) >= 11 is 0. The van der Waals surface area contributed by atoms with E-state index in [1.54, 1.807) is 7.11 Å². The molecule has 2 heterocycles. The lowest BCUT2D eigenvalue weighted by Gasteiger charge is -2.30. The van der Waals surface area contributed by atoms with Gasteiger partial charge in [0.1, 0.15) is 5.75 Å². The lowest BCUT2D eigenvalue weighted by molar-refractivity contribution is 0.187. The summed E-state index contributed by atoms with van der Waals surface area (Å²) in [6.07, 6.45) is 6.95. The van der Waals surface area contributed by atoms with Crippen molar-refractivity contribution in [2.75, 3.05) is 13.7 Å². The Morgan fingerprint density at radius 1 is 1.12 bits per heavy atom. The minimum atomic E-state index is 0.0160. The van der Waals surface area contributed by atoms with Crippen molar-refractivity contribution in [3.05, 3.63) is 83.2 Å². The summed E-state index contributed by atoms with van der Waals surface area (Å²) in [6.45, 7) is 1.54. The van der Waals surface area contributed by atoms with Gasteiger partial charge >= 0.3 is 6.03 Å². The molecule has 1 saturated heterocycles. The second kappa shape index (κ2) is 9.07. The van der Waals surface area contributed by atoms with E-state index in [1.807, 2.05) is 35.4 Å². The van der Waals surface area contributed by atoms with Crippen molar-refractivity contribution in [3.63, 3.8) is 0 Å². The average Bonchev–Trinajstić information content (AvgIpc) is 3.48. The molecule has 32 heavy (non-hydrogen) atoms. The molecule has 0 saturated carbocycles.